The SMILES string of the molecule is O=C(NS(=O)(=O)Cl)OC1CCCCCC1. The molecule has 7 heteroatoms. The van der Waals surface area contributed by atoms with Gasteiger partial charge in [-0.2, -0.15) is 8.42 Å². The fourth-order valence-electron chi connectivity index (χ4n) is 1.63. The molecule has 1 N–H and O–H groups in total. The maximum atomic E-state index is 11.0. The molecule has 1 aliphatic carbocycles. The number of carbonyl (C=O) groups is 1. The monoisotopic (exact) mass is 255 g/mol. The Morgan fingerprint density at radius 2 is 1.73 bits per heavy atom. The Kier molecular flexibility index (Phi) is 4.66. The molecule has 0 aromatic heterocycles. The van der Waals surface area contributed by atoms with Gasteiger partial charge in [0.15, 0.2) is 0 Å². The van der Waals surface area contributed by atoms with Gasteiger partial charge in [-0.05, 0) is 25.7 Å². The van der Waals surface area contributed by atoms with E-state index in [4.69, 9.17) is 15.4 Å². The van der Waals surface area contributed by atoms with Gasteiger partial charge in [0.25, 0.3) is 0 Å². The molecule has 1 rings (SSSR count). The number of amides is 1. The van der Waals surface area contributed by atoms with Gasteiger partial charge in [-0.3, -0.25) is 0 Å². The van der Waals surface area contributed by atoms with Crippen molar-refractivity contribution in [3.8, 4) is 0 Å². The van der Waals surface area contributed by atoms with Gasteiger partial charge < -0.3 is 4.74 Å². The number of nitrogens with one attached hydrogen (secondary N) is 1. The molecule has 0 aromatic carbocycles. The van der Waals surface area contributed by atoms with Gasteiger partial charge in [-0.25, -0.2) is 9.52 Å². The van der Waals surface area contributed by atoms with E-state index in [2.05, 4.69) is 0 Å². The molecule has 0 aliphatic heterocycles. The van der Waals surface area contributed by atoms with Crippen LogP contribution in [0.2, 0.25) is 0 Å². The normalized spacial score (nSPS) is 19.3. The molecule has 0 radical (unpaired) electrons. The lowest BCUT2D eigenvalue weighted by molar-refractivity contribution is 0.0939. The topological polar surface area (TPSA) is 72.5 Å². The average molecular weight is 256 g/mol. The van der Waals surface area contributed by atoms with Crippen molar-refractivity contribution in [2.75, 3.05) is 0 Å². The second kappa shape index (κ2) is 5.55. The van der Waals surface area contributed by atoms with Crippen molar-refractivity contribution < 1.29 is 17.9 Å². The van der Waals surface area contributed by atoms with Crippen LogP contribution in [0.15, 0.2) is 0 Å². The lowest BCUT2D eigenvalue weighted by Crippen LogP contribution is -2.31. The van der Waals surface area contributed by atoms with Gasteiger partial charge in [0.2, 0.25) is 0 Å². The highest BCUT2D eigenvalue weighted by molar-refractivity contribution is 8.12. The summed E-state index contributed by atoms with van der Waals surface area (Å²) in [5.41, 5.74) is 0. The van der Waals surface area contributed by atoms with Gasteiger partial charge >= 0.3 is 15.3 Å². The van der Waals surface area contributed by atoms with Crippen molar-refractivity contribution in [3.63, 3.8) is 0 Å². The molecular formula is C8H14ClNO4S. The van der Waals surface area contributed by atoms with Gasteiger partial charge in [-0.1, -0.05) is 12.8 Å². The zero-order valence-corrected chi connectivity index (χ0v) is 9.81. The quantitative estimate of drug-likeness (QED) is 0.604. The molecule has 5 nitrogen and oxygen atoms in total. The van der Waals surface area contributed by atoms with E-state index in [1.165, 1.54) is 0 Å². The third-order valence-corrected chi connectivity index (χ3v) is 2.92. The summed E-state index contributed by atoms with van der Waals surface area (Å²) in [5.74, 6) is 0. The summed E-state index contributed by atoms with van der Waals surface area (Å²) in [6.45, 7) is 0. The van der Waals surface area contributed by atoms with Crippen LogP contribution in [-0.4, -0.2) is 20.6 Å². The van der Waals surface area contributed by atoms with Crippen molar-refractivity contribution in [2.45, 2.75) is 44.6 Å². The van der Waals surface area contributed by atoms with Crippen molar-refractivity contribution >= 4 is 26.0 Å². The maximum absolute atomic E-state index is 11.0. The molecular weight excluding hydrogens is 242 g/mol. The molecule has 0 spiro atoms. The fourth-order valence-corrected chi connectivity index (χ4v) is 2.07. The summed E-state index contributed by atoms with van der Waals surface area (Å²) in [6, 6.07) is 0. The standard InChI is InChI=1S/C8H14ClNO4S/c9-15(12,13)10-8(11)14-7-5-3-1-2-4-6-7/h7H,1-6H2,(H,10,11). The van der Waals surface area contributed by atoms with Crippen molar-refractivity contribution in [2.24, 2.45) is 0 Å². The van der Waals surface area contributed by atoms with Crippen LogP contribution in [0.3, 0.4) is 0 Å². The van der Waals surface area contributed by atoms with Crippen molar-refractivity contribution in [1.29, 1.82) is 0 Å². The molecule has 0 aromatic rings. The van der Waals surface area contributed by atoms with Crippen LogP contribution in [0.25, 0.3) is 0 Å². The molecule has 15 heavy (non-hydrogen) atoms. The Morgan fingerprint density at radius 1 is 1.20 bits per heavy atom. The molecule has 88 valence electrons. The van der Waals surface area contributed by atoms with E-state index >= 15 is 0 Å². The van der Waals surface area contributed by atoms with Gasteiger partial charge in [-0.15, -0.1) is 0 Å². The number of rotatable bonds is 2. The molecule has 0 heterocycles. The lowest BCUT2D eigenvalue weighted by atomic mass is 10.2. The fraction of sp³-hybridized carbons (Fsp3) is 0.875. The molecule has 0 atom stereocenters. The number of hydrogen-bond donors (Lipinski definition) is 1. The number of halogens is 1. The average Bonchev–Trinajstić information content (AvgIpc) is 2.28. The van der Waals surface area contributed by atoms with E-state index in [0.717, 1.165) is 38.5 Å². The van der Waals surface area contributed by atoms with Crippen LogP contribution >= 0.6 is 10.7 Å². The minimum atomic E-state index is -4.04. The summed E-state index contributed by atoms with van der Waals surface area (Å²) in [6.07, 6.45) is 4.68. The van der Waals surface area contributed by atoms with Crippen LogP contribution in [0.5, 0.6) is 0 Å². The van der Waals surface area contributed by atoms with Gasteiger partial charge in [0, 0.05) is 10.7 Å². The maximum Gasteiger partial charge on any atom is 0.422 e. The van der Waals surface area contributed by atoms with E-state index in [0.29, 0.717) is 0 Å². The van der Waals surface area contributed by atoms with E-state index < -0.39 is 15.3 Å². The van der Waals surface area contributed by atoms with Crippen LogP contribution in [0.4, 0.5) is 4.79 Å². The Labute approximate surface area is 93.7 Å². The highest BCUT2D eigenvalue weighted by Gasteiger charge is 2.19. The largest absolute Gasteiger partial charge is 0.446 e. The summed E-state index contributed by atoms with van der Waals surface area (Å²) in [4.78, 5) is 11.0. The molecule has 1 amide bonds. The van der Waals surface area contributed by atoms with Crippen LogP contribution in [0.1, 0.15) is 38.5 Å². The van der Waals surface area contributed by atoms with Crippen molar-refractivity contribution in [1.82, 2.24) is 4.72 Å². The van der Waals surface area contributed by atoms with Crippen LogP contribution in [-0.2, 0) is 14.0 Å². The summed E-state index contributed by atoms with van der Waals surface area (Å²) < 4.78 is 27.5. The summed E-state index contributed by atoms with van der Waals surface area (Å²) >= 11 is 0. The molecule has 0 bridgehead atoms. The van der Waals surface area contributed by atoms with Crippen LogP contribution in [0, 0.1) is 0 Å². The second-order valence-electron chi connectivity index (χ2n) is 3.56. The minimum Gasteiger partial charge on any atom is -0.446 e. The highest BCUT2D eigenvalue weighted by Crippen LogP contribution is 2.19. The summed E-state index contributed by atoms with van der Waals surface area (Å²) in [5, 5.41) is 0. The van der Waals surface area contributed by atoms with Gasteiger partial charge in [0.1, 0.15) is 6.10 Å². The Balaban J connectivity index is 2.36. The van der Waals surface area contributed by atoms with Crippen LogP contribution < -0.4 is 4.72 Å². The van der Waals surface area contributed by atoms with E-state index in [-0.39, 0.29) is 6.10 Å². The zero-order chi connectivity index (χ0) is 11.3. The Hall–Kier alpha value is -0.490. The Morgan fingerprint density at radius 3 is 2.20 bits per heavy atom. The van der Waals surface area contributed by atoms with Gasteiger partial charge in [0.05, 0.1) is 0 Å². The van der Waals surface area contributed by atoms with E-state index in [9.17, 15) is 13.2 Å². The molecule has 0 saturated heterocycles. The molecule has 0 unspecified atom stereocenters. The lowest BCUT2D eigenvalue weighted by Gasteiger charge is -2.14. The zero-order valence-electron chi connectivity index (χ0n) is 8.24. The smallest absolute Gasteiger partial charge is 0.422 e. The Bertz CT molecular complexity index is 309. The molecule has 1 saturated carbocycles. The first-order chi connectivity index (χ1) is 6.97. The summed E-state index contributed by atoms with van der Waals surface area (Å²) in [7, 11) is 0.803. The first-order valence-corrected chi connectivity index (χ1v) is 7.21. The first-order valence-electron chi connectivity index (χ1n) is 4.90. The minimum absolute atomic E-state index is 0.189. The predicted molar refractivity (Wildman–Crippen MR) is 55.9 cm³/mol. The number of hydrogen-bond acceptors (Lipinski definition) is 4. The third kappa shape index (κ3) is 5.84. The predicted octanol–water partition coefficient (Wildman–Crippen LogP) is 1.92. The second-order valence-corrected chi connectivity index (χ2v) is 5.86. The number of carbonyl (C=O) groups excluding carboxylic acids is 1. The van der Waals surface area contributed by atoms with Crippen molar-refractivity contribution in [3.05, 3.63) is 0 Å². The number of ether oxygens (including phenoxy) is 1. The van der Waals surface area contributed by atoms with E-state index in [1.54, 1.807) is 4.72 Å². The van der Waals surface area contributed by atoms with E-state index in [1.807, 2.05) is 0 Å². The highest BCUT2D eigenvalue weighted by atomic mass is 35.7. The third-order valence-electron chi connectivity index (χ3n) is 2.28. The first kappa shape index (κ1) is 12.6. The molecule has 1 aliphatic rings. The molecule has 1 fully saturated rings.